The Kier molecular flexibility index (Phi) is 8.33. The molecule has 37 heavy (non-hydrogen) atoms. The number of carbonyl (C=O) groups is 4. The molecule has 0 aliphatic carbocycles. The number of carbonyl (C=O) groups excluding carboxylic acids is 4. The summed E-state index contributed by atoms with van der Waals surface area (Å²) in [6, 6.07) is 11.6. The molecule has 0 N–H and O–H groups in total. The van der Waals surface area contributed by atoms with Crippen LogP contribution in [0.4, 0.5) is 4.79 Å². The molecule has 0 spiro atoms. The van der Waals surface area contributed by atoms with Crippen LogP contribution in [0, 0.1) is 0 Å². The fourth-order valence-electron chi connectivity index (χ4n) is 3.76. The van der Waals surface area contributed by atoms with E-state index in [4.69, 9.17) is 28.4 Å². The first-order chi connectivity index (χ1) is 17.8. The zero-order valence-corrected chi connectivity index (χ0v) is 19.9. The minimum absolute atomic E-state index is 0.0682. The fourth-order valence-corrected chi connectivity index (χ4v) is 3.76. The van der Waals surface area contributed by atoms with Crippen LogP contribution in [0.15, 0.2) is 48.5 Å². The smallest absolute Gasteiger partial charge is 0.453 e. The first kappa shape index (κ1) is 26.1. The lowest BCUT2D eigenvalue weighted by Crippen LogP contribution is -2.36. The molecular formula is C25H24O12. The molecule has 2 aliphatic heterocycles. The second-order valence-corrected chi connectivity index (χ2v) is 8.03. The molecule has 0 radical (unpaired) electrons. The molecule has 4 unspecified atom stereocenters. The van der Waals surface area contributed by atoms with Gasteiger partial charge in [-0.3, -0.25) is 4.79 Å². The molecule has 2 aromatic carbocycles. The van der Waals surface area contributed by atoms with Crippen LogP contribution < -0.4 is 9.47 Å². The number of esters is 3. The molecule has 4 atom stereocenters. The van der Waals surface area contributed by atoms with Gasteiger partial charge >= 0.3 is 24.1 Å². The molecule has 2 aliphatic rings. The zero-order valence-electron chi connectivity index (χ0n) is 19.9. The van der Waals surface area contributed by atoms with E-state index in [0.29, 0.717) is 5.75 Å². The van der Waals surface area contributed by atoms with Gasteiger partial charge in [0.2, 0.25) is 0 Å². The van der Waals surface area contributed by atoms with Crippen LogP contribution >= 0.6 is 0 Å². The average molecular weight is 516 g/mol. The standard InChI is InChI=1S/C25H24O12/c1-14(26)34-17-7-3-15(4-8-17)23(27)36-19-11-31-22-20(12-32-21(19)22)37-24(28)16-5-9-18(10-6-16)35-25(29)33-13-30-2/h3-10,19-22H,11-13H2,1-2H3. The summed E-state index contributed by atoms with van der Waals surface area (Å²) in [6.45, 7) is 1.17. The Morgan fingerprint density at radius 2 is 1.22 bits per heavy atom. The van der Waals surface area contributed by atoms with Gasteiger partial charge in [0.1, 0.15) is 23.7 Å². The van der Waals surface area contributed by atoms with Gasteiger partial charge in [-0.1, -0.05) is 0 Å². The summed E-state index contributed by atoms with van der Waals surface area (Å²) in [4.78, 5) is 47.6. The number of hydrogen-bond acceptors (Lipinski definition) is 12. The summed E-state index contributed by atoms with van der Waals surface area (Å²) in [5, 5.41) is 0. The van der Waals surface area contributed by atoms with Gasteiger partial charge in [0, 0.05) is 14.0 Å². The molecule has 4 rings (SSSR count). The van der Waals surface area contributed by atoms with Crippen LogP contribution in [0.2, 0.25) is 0 Å². The number of fused-ring (bicyclic) bond motifs is 1. The largest absolute Gasteiger partial charge is 0.515 e. The quantitative estimate of drug-likeness (QED) is 0.167. The number of ether oxygens (including phenoxy) is 8. The highest BCUT2D eigenvalue weighted by molar-refractivity contribution is 5.90. The van der Waals surface area contributed by atoms with Gasteiger partial charge in [-0.2, -0.15) is 0 Å². The van der Waals surface area contributed by atoms with E-state index in [0.717, 1.165) is 0 Å². The maximum atomic E-state index is 12.6. The monoisotopic (exact) mass is 516 g/mol. The minimum atomic E-state index is -0.945. The number of benzene rings is 2. The van der Waals surface area contributed by atoms with Gasteiger partial charge in [-0.05, 0) is 48.5 Å². The van der Waals surface area contributed by atoms with Gasteiger partial charge in [-0.25, -0.2) is 14.4 Å². The maximum absolute atomic E-state index is 12.6. The lowest BCUT2D eigenvalue weighted by Gasteiger charge is -2.17. The van der Waals surface area contributed by atoms with Crippen molar-refractivity contribution in [2.24, 2.45) is 0 Å². The lowest BCUT2D eigenvalue weighted by atomic mass is 10.1. The van der Waals surface area contributed by atoms with Crippen molar-refractivity contribution < 1.29 is 57.1 Å². The maximum Gasteiger partial charge on any atom is 0.515 e. The lowest BCUT2D eigenvalue weighted by molar-refractivity contribution is -0.131. The third kappa shape index (κ3) is 6.61. The SMILES string of the molecule is COCOC(=O)Oc1ccc(C(=O)OC2COC3C(OC(=O)c4ccc(OC(C)=O)cc4)COC23)cc1. The Bertz CT molecular complexity index is 1130. The Morgan fingerprint density at radius 1 is 0.757 bits per heavy atom. The van der Waals surface area contributed by atoms with Crippen LogP contribution in [-0.4, -0.2) is 75.6 Å². The predicted octanol–water partition coefficient (Wildman–Crippen LogP) is 2.28. The summed E-state index contributed by atoms with van der Waals surface area (Å²) < 4.78 is 41.6. The molecule has 12 heteroatoms. The molecule has 0 amide bonds. The molecule has 2 aromatic rings. The molecule has 2 fully saturated rings. The van der Waals surface area contributed by atoms with Gasteiger partial charge in [-0.15, -0.1) is 0 Å². The molecular weight excluding hydrogens is 492 g/mol. The second-order valence-electron chi connectivity index (χ2n) is 8.03. The van der Waals surface area contributed by atoms with E-state index < -0.39 is 48.5 Å². The molecule has 0 aromatic heterocycles. The summed E-state index contributed by atoms with van der Waals surface area (Å²) in [5.41, 5.74) is 0.485. The molecule has 2 heterocycles. The van der Waals surface area contributed by atoms with E-state index in [-0.39, 0.29) is 36.9 Å². The molecule has 12 nitrogen and oxygen atoms in total. The minimum Gasteiger partial charge on any atom is -0.453 e. The highest BCUT2D eigenvalue weighted by atomic mass is 16.8. The third-order valence-corrected chi connectivity index (χ3v) is 5.42. The van der Waals surface area contributed by atoms with Crippen LogP contribution in [0.3, 0.4) is 0 Å². The van der Waals surface area contributed by atoms with Gasteiger partial charge in [0.05, 0.1) is 24.3 Å². The van der Waals surface area contributed by atoms with E-state index in [1.165, 1.54) is 62.6 Å². The van der Waals surface area contributed by atoms with Crippen molar-refractivity contribution >= 4 is 24.1 Å². The Morgan fingerprint density at radius 3 is 1.65 bits per heavy atom. The molecule has 196 valence electrons. The van der Waals surface area contributed by atoms with Crippen molar-refractivity contribution in [1.82, 2.24) is 0 Å². The fraction of sp³-hybridized carbons (Fsp3) is 0.360. The Labute approximate surface area is 211 Å². The van der Waals surface area contributed by atoms with Crippen molar-refractivity contribution in [2.75, 3.05) is 27.1 Å². The summed E-state index contributed by atoms with van der Waals surface area (Å²) in [7, 11) is 1.36. The third-order valence-electron chi connectivity index (χ3n) is 5.42. The van der Waals surface area contributed by atoms with Gasteiger partial charge in [0.15, 0.2) is 19.0 Å². The molecule has 2 saturated heterocycles. The summed E-state index contributed by atoms with van der Waals surface area (Å²) in [6.07, 6.45) is -3.55. The molecule has 0 saturated carbocycles. The van der Waals surface area contributed by atoms with Crippen molar-refractivity contribution in [3.63, 3.8) is 0 Å². The van der Waals surface area contributed by atoms with E-state index in [2.05, 4.69) is 9.47 Å². The van der Waals surface area contributed by atoms with E-state index >= 15 is 0 Å². The Balaban J connectivity index is 1.28. The van der Waals surface area contributed by atoms with Crippen LogP contribution in [0.25, 0.3) is 0 Å². The summed E-state index contributed by atoms with van der Waals surface area (Å²) >= 11 is 0. The molecule has 0 bridgehead atoms. The summed E-state index contributed by atoms with van der Waals surface area (Å²) in [5.74, 6) is -1.21. The number of hydrogen-bond donors (Lipinski definition) is 0. The highest BCUT2D eigenvalue weighted by Gasteiger charge is 2.51. The van der Waals surface area contributed by atoms with Gasteiger partial charge in [0.25, 0.3) is 0 Å². The van der Waals surface area contributed by atoms with Gasteiger partial charge < -0.3 is 37.9 Å². The topological polar surface area (TPSA) is 142 Å². The van der Waals surface area contributed by atoms with Crippen LogP contribution in [0.5, 0.6) is 11.5 Å². The van der Waals surface area contributed by atoms with E-state index in [9.17, 15) is 19.2 Å². The number of methoxy groups -OCH3 is 1. The van der Waals surface area contributed by atoms with E-state index in [1.54, 1.807) is 0 Å². The van der Waals surface area contributed by atoms with E-state index in [1.807, 2.05) is 0 Å². The zero-order chi connectivity index (χ0) is 26.4. The number of rotatable bonds is 8. The normalized spacial score (nSPS) is 22.0. The highest BCUT2D eigenvalue weighted by Crippen LogP contribution is 2.31. The van der Waals surface area contributed by atoms with Crippen LogP contribution in [-0.2, 0) is 33.2 Å². The van der Waals surface area contributed by atoms with Crippen molar-refractivity contribution in [3.05, 3.63) is 59.7 Å². The first-order valence-corrected chi connectivity index (χ1v) is 11.2. The van der Waals surface area contributed by atoms with Crippen molar-refractivity contribution in [2.45, 2.75) is 31.3 Å². The average Bonchev–Trinajstić information content (AvgIpc) is 3.46. The predicted molar refractivity (Wildman–Crippen MR) is 121 cm³/mol. The Hall–Kier alpha value is -4.00. The van der Waals surface area contributed by atoms with Crippen molar-refractivity contribution in [1.29, 1.82) is 0 Å². The second kappa shape index (κ2) is 11.8. The van der Waals surface area contributed by atoms with Crippen LogP contribution in [0.1, 0.15) is 27.6 Å². The van der Waals surface area contributed by atoms with Crippen molar-refractivity contribution in [3.8, 4) is 11.5 Å². The first-order valence-electron chi connectivity index (χ1n) is 11.2.